The third kappa shape index (κ3) is 2.39. The van der Waals surface area contributed by atoms with Crippen LogP contribution in [-0.4, -0.2) is 51.6 Å². The molecule has 0 saturated carbocycles. The minimum atomic E-state index is -0.185. The molecule has 0 spiro atoms. The van der Waals surface area contributed by atoms with Gasteiger partial charge in [-0.25, -0.2) is 0 Å². The molecule has 5 nitrogen and oxygen atoms in total. The zero-order chi connectivity index (χ0) is 16.6. The van der Waals surface area contributed by atoms with Crippen molar-refractivity contribution >= 4 is 5.78 Å². The number of nitrogens with zero attached hydrogens (tertiary/aromatic N) is 1. The van der Waals surface area contributed by atoms with Crippen molar-refractivity contribution in [3.05, 3.63) is 29.8 Å². The monoisotopic (exact) mass is 317 g/mol. The molecule has 1 aromatic rings. The quantitative estimate of drug-likeness (QED) is 0.852. The van der Waals surface area contributed by atoms with Crippen LogP contribution in [0.5, 0.6) is 17.2 Å². The second-order valence-electron chi connectivity index (χ2n) is 6.20. The molecule has 1 fully saturated rings. The van der Waals surface area contributed by atoms with Crippen molar-refractivity contribution in [3.63, 3.8) is 0 Å². The van der Waals surface area contributed by atoms with E-state index in [4.69, 9.17) is 14.2 Å². The summed E-state index contributed by atoms with van der Waals surface area (Å²) in [5.74, 6) is 2.07. The van der Waals surface area contributed by atoms with Crippen LogP contribution in [0.4, 0.5) is 0 Å². The number of carbonyl (C=O) groups excluding carboxylic acids is 1. The van der Waals surface area contributed by atoms with Crippen LogP contribution >= 0.6 is 0 Å². The predicted molar refractivity (Wildman–Crippen MR) is 87.6 cm³/mol. The lowest BCUT2D eigenvalue weighted by Gasteiger charge is -2.37. The minimum Gasteiger partial charge on any atom is -0.493 e. The fourth-order valence-corrected chi connectivity index (χ4v) is 3.89. The lowest BCUT2D eigenvalue weighted by atomic mass is 9.69. The van der Waals surface area contributed by atoms with E-state index >= 15 is 0 Å². The molecule has 124 valence electrons. The highest BCUT2D eigenvalue weighted by Crippen LogP contribution is 2.49. The molecule has 1 aliphatic heterocycles. The van der Waals surface area contributed by atoms with Crippen LogP contribution in [0.1, 0.15) is 18.4 Å². The number of hydrogen-bond acceptors (Lipinski definition) is 5. The number of likely N-dealkylation sites (N-methyl/N-ethyl adjacent to an activating group) is 1. The Bertz CT molecular complexity index is 629. The van der Waals surface area contributed by atoms with Crippen molar-refractivity contribution in [1.82, 2.24) is 4.90 Å². The van der Waals surface area contributed by atoms with E-state index in [0.717, 1.165) is 18.5 Å². The van der Waals surface area contributed by atoms with Crippen molar-refractivity contribution in [1.29, 1.82) is 0 Å². The molecule has 5 heteroatoms. The SMILES string of the molecule is COc1cc([C@@]23C=CC(=O)C[C@@H]2N(C)CC3)cc(OC)c1OC. The molecule has 0 aromatic heterocycles. The molecule has 1 aromatic carbocycles. The van der Waals surface area contributed by atoms with E-state index in [-0.39, 0.29) is 17.2 Å². The average molecular weight is 317 g/mol. The van der Waals surface area contributed by atoms with Gasteiger partial charge in [0.25, 0.3) is 0 Å². The van der Waals surface area contributed by atoms with E-state index < -0.39 is 0 Å². The molecule has 2 atom stereocenters. The zero-order valence-corrected chi connectivity index (χ0v) is 14.1. The number of ketones is 1. The van der Waals surface area contributed by atoms with E-state index in [1.165, 1.54) is 0 Å². The molecule has 0 bridgehead atoms. The smallest absolute Gasteiger partial charge is 0.203 e. The summed E-state index contributed by atoms with van der Waals surface area (Å²) in [6.07, 6.45) is 5.30. The van der Waals surface area contributed by atoms with E-state index in [9.17, 15) is 4.79 Å². The molecule has 3 rings (SSSR count). The molecular formula is C18H23NO4. The highest BCUT2D eigenvalue weighted by Gasteiger charge is 2.48. The van der Waals surface area contributed by atoms with Gasteiger partial charge >= 0.3 is 0 Å². The number of benzene rings is 1. The average Bonchev–Trinajstić information content (AvgIpc) is 2.91. The van der Waals surface area contributed by atoms with E-state index in [1.54, 1.807) is 27.4 Å². The maximum absolute atomic E-state index is 11.9. The molecule has 0 unspecified atom stereocenters. The van der Waals surface area contributed by atoms with Gasteiger partial charge in [-0.05, 0) is 43.8 Å². The van der Waals surface area contributed by atoms with Crippen molar-refractivity contribution in [2.45, 2.75) is 24.3 Å². The summed E-state index contributed by atoms with van der Waals surface area (Å²) < 4.78 is 16.4. The molecule has 0 amide bonds. The van der Waals surface area contributed by atoms with Crippen LogP contribution in [0, 0.1) is 0 Å². The largest absolute Gasteiger partial charge is 0.493 e. The van der Waals surface area contributed by atoms with Crippen LogP contribution in [-0.2, 0) is 10.2 Å². The van der Waals surface area contributed by atoms with Gasteiger partial charge in [0.2, 0.25) is 5.75 Å². The van der Waals surface area contributed by atoms with Crippen LogP contribution in [0.2, 0.25) is 0 Å². The number of fused-ring (bicyclic) bond motifs is 1. The number of carbonyl (C=O) groups is 1. The number of methoxy groups -OCH3 is 3. The summed E-state index contributed by atoms with van der Waals surface area (Å²) in [4.78, 5) is 14.2. The van der Waals surface area contributed by atoms with Gasteiger partial charge in [0.15, 0.2) is 17.3 Å². The molecule has 1 saturated heterocycles. The molecular weight excluding hydrogens is 294 g/mol. The topological polar surface area (TPSA) is 48.0 Å². The van der Waals surface area contributed by atoms with Gasteiger partial charge in [-0.15, -0.1) is 0 Å². The third-order valence-corrected chi connectivity index (χ3v) is 5.17. The first-order valence-corrected chi connectivity index (χ1v) is 7.78. The normalized spacial score (nSPS) is 27.0. The number of allylic oxidation sites excluding steroid dienone is 1. The van der Waals surface area contributed by atoms with Crippen molar-refractivity contribution < 1.29 is 19.0 Å². The Morgan fingerprint density at radius 3 is 2.35 bits per heavy atom. The number of ether oxygens (including phenoxy) is 3. The van der Waals surface area contributed by atoms with Crippen LogP contribution in [0.25, 0.3) is 0 Å². The first kappa shape index (κ1) is 15.9. The Kier molecular flexibility index (Phi) is 4.06. The Labute approximate surface area is 136 Å². The van der Waals surface area contributed by atoms with E-state index in [1.807, 2.05) is 12.1 Å². The fourth-order valence-electron chi connectivity index (χ4n) is 3.89. The number of likely N-dealkylation sites (tertiary alicyclic amines) is 1. The van der Waals surface area contributed by atoms with Crippen LogP contribution < -0.4 is 14.2 Å². The van der Waals surface area contributed by atoms with Gasteiger partial charge in [-0.1, -0.05) is 6.08 Å². The van der Waals surface area contributed by atoms with Gasteiger partial charge in [0.05, 0.1) is 21.3 Å². The van der Waals surface area contributed by atoms with Gasteiger partial charge in [0, 0.05) is 17.9 Å². The lowest BCUT2D eigenvalue weighted by Crippen LogP contribution is -2.43. The van der Waals surface area contributed by atoms with Crippen molar-refractivity contribution in [2.75, 3.05) is 34.9 Å². The summed E-state index contributed by atoms with van der Waals surface area (Å²) in [5.41, 5.74) is 0.917. The standard InChI is InChI=1S/C18H23NO4/c1-19-8-7-18(6-5-13(20)11-16(18)19)12-9-14(21-2)17(23-4)15(10-12)22-3/h5-6,9-10,16H,7-8,11H2,1-4H3/t16-,18-/m0/s1. The van der Waals surface area contributed by atoms with Gasteiger partial charge in [-0.2, -0.15) is 0 Å². The Hall–Kier alpha value is -2.01. The molecule has 2 aliphatic rings. The predicted octanol–water partition coefficient (Wildman–Crippen LogP) is 2.18. The summed E-state index contributed by atoms with van der Waals surface area (Å²) >= 11 is 0. The molecule has 0 radical (unpaired) electrons. The fraction of sp³-hybridized carbons (Fsp3) is 0.500. The Morgan fingerprint density at radius 2 is 1.78 bits per heavy atom. The summed E-state index contributed by atoms with van der Waals surface area (Å²) in [6.45, 7) is 0.957. The van der Waals surface area contributed by atoms with Gasteiger partial charge < -0.3 is 19.1 Å². The first-order chi connectivity index (χ1) is 11.1. The Morgan fingerprint density at radius 1 is 1.13 bits per heavy atom. The van der Waals surface area contributed by atoms with Crippen molar-refractivity contribution in [2.24, 2.45) is 0 Å². The number of rotatable bonds is 4. The summed E-state index contributed by atoms with van der Waals surface area (Å²) in [6, 6.07) is 4.18. The first-order valence-electron chi connectivity index (χ1n) is 7.78. The molecule has 1 aliphatic carbocycles. The van der Waals surface area contributed by atoms with Gasteiger partial charge in [-0.3, -0.25) is 4.79 Å². The number of hydrogen-bond donors (Lipinski definition) is 0. The van der Waals surface area contributed by atoms with Crippen LogP contribution in [0.15, 0.2) is 24.3 Å². The summed E-state index contributed by atoms with van der Waals surface area (Å²) in [7, 11) is 6.93. The van der Waals surface area contributed by atoms with E-state index in [2.05, 4.69) is 18.0 Å². The second kappa shape index (κ2) is 5.89. The van der Waals surface area contributed by atoms with Gasteiger partial charge in [0.1, 0.15) is 0 Å². The van der Waals surface area contributed by atoms with Crippen LogP contribution in [0.3, 0.4) is 0 Å². The summed E-state index contributed by atoms with van der Waals surface area (Å²) in [5, 5.41) is 0. The Balaban J connectivity index is 2.16. The third-order valence-electron chi connectivity index (χ3n) is 5.17. The zero-order valence-electron chi connectivity index (χ0n) is 14.1. The molecule has 0 N–H and O–H groups in total. The lowest BCUT2D eigenvalue weighted by molar-refractivity contribution is -0.116. The highest BCUT2D eigenvalue weighted by atomic mass is 16.5. The minimum absolute atomic E-state index is 0.169. The molecule has 1 heterocycles. The second-order valence-corrected chi connectivity index (χ2v) is 6.20. The van der Waals surface area contributed by atoms with E-state index in [0.29, 0.717) is 23.7 Å². The molecule has 23 heavy (non-hydrogen) atoms. The highest BCUT2D eigenvalue weighted by molar-refractivity contribution is 5.92. The van der Waals surface area contributed by atoms with Crippen molar-refractivity contribution in [3.8, 4) is 17.2 Å². The maximum atomic E-state index is 11.9. The maximum Gasteiger partial charge on any atom is 0.203 e.